The van der Waals surface area contributed by atoms with Crippen molar-refractivity contribution in [2.75, 3.05) is 11.6 Å². The van der Waals surface area contributed by atoms with E-state index in [1.54, 1.807) is 6.92 Å². The van der Waals surface area contributed by atoms with Gasteiger partial charge in [0.25, 0.3) is 0 Å². The van der Waals surface area contributed by atoms with Gasteiger partial charge < -0.3 is 17.4 Å². The smallest absolute Gasteiger partial charge is 0.222 e. The first kappa shape index (κ1) is 12.6. The maximum absolute atomic E-state index is 5.69. The average Bonchev–Trinajstić information content (AvgIpc) is 2.19. The molecule has 7 heteroatoms. The molecule has 0 bridgehead atoms. The van der Waals surface area contributed by atoms with Crippen LogP contribution in [0.15, 0.2) is 5.10 Å². The van der Waals surface area contributed by atoms with Crippen molar-refractivity contribution in [1.82, 2.24) is 9.66 Å². The molecule has 1 heterocycles. The molecule has 0 atom stereocenters. The Hall–Kier alpha value is -1.43. The summed E-state index contributed by atoms with van der Waals surface area (Å²) in [4.78, 5) is 3.75. The highest BCUT2D eigenvalue weighted by atomic mass is 35.5. The van der Waals surface area contributed by atoms with E-state index >= 15 is 0 Å². The fourth-order valence-electron chi connectivity index (χ4n) is 0.779. The standard InChI is InChI=1S/C5H9ClN6.C2H6/c1-2-3(6)10-5(7)12(9)4(2)11-8;1-2/h8-9H2,1H3,(H2,7,10);1-2H3/b11-4-;. The third kappa shape index (κ3) is 2.29. The van der Waals surface area contributed by atoms with Gasteiger partial charge in [-0.2, -0.15) is 5.10 Å². The van der Waals surface area contributed by atoms with Gasteiger partial charge in [-0.15, -0.1) is 0 Å². The molecule has 1 rings (SSSR count). The van der Waals surface area contributed by atoms with E-state index in [0.29, 0.717) is 11.1 Å². The van der Waals surface area contributed by atoms with Crippen molar-refractivity contribution in [2.45, 2.75) is 20.8 Å². The monoisotopic (exact) mass is 218 g/mol. The molecule has 0 aromatic carbocycles. The van der Waals surface area contributed by atoms with Crippen LogP contribution in [0.1, 0.15) is 19.4 Å². The summed E-state index contributed by atoms with van der Waals surface area (Å²) in [5.74, 6) is 10.6. The van der Waals surface area contributed by atoms with Crippen LogP contribution < -0.4 is 22.9 Å². The molecule has 0 spiro atoms. The lowest BCUT2D eigenvalue weighted by Gasteiger charge is -2.06. The van der Waals surface area contributed by atoms with E-state index in [-0.39, 0.29) is 11.1 Å². The predicted molar refractivity (Wildman–Crippen MR) is 57.6 cm³/mol. The van der Waals surface area contributed by atoms with Crippen molar-refractivity contribution in [1.29, 1.82) is 0 Å². The second-order valence-electron chi connectivity index (χ2n) is 2.21. The number of halogens is 1. The Morgan fingerprint density at radius 3 is 2.36 bits per heavy atom. The van der Waals surface area contributed by atoms with E-state index in [0.717, 1.165) is 4.68 Å². The minimum Gasteiger partial charge on any atom is -0.368 e. The molecule has 14 heavy (non-hydrogen) atoms. The summed E-state index contributed by atoms with van der Waals surface area (Å²) in [7, 11) is 0. The second-order valence-corrected chi connectivity index (χ2v) is 2.57. The minimum absolute atomic E-state index is 0.0646. The number of nitrogens with two attached hydrogens (primary N) is 3. The summed E-state index contributed by atoms with van der Waals surface area (Å²) in [6.45, 7) is 5.70. The molecule has 1 aromatic heterocycles. The van der Waals surface area contributed by atoms with E-state index in [9.17, 15) is 0 Å². The lowest BCUT2D eigenvalue weighted by Crippen LogP contribution is -2.34. The number of nitrogen functional groups attached to an aromatic ring is 2. The number of hydrogen-bond acceptors (Lipinski definition) is 5. The number of aromatic nitrogens is 2. The fraction of sp³-hybridized carbons (Fsp3) is 0.429. The molecule has 0 aliphatic heterocycles. The zero-order valence-corrected chi connectivity index (χ0v) is 9.21. The summed E-state index contributed by atoms with van der Waals surface area (Å²) >= 11 is 5.69. The molecule has 0 aliphatic rings. The van der Waals surface area contributed by atoms with Crippen LogP contribution in [0.25, 0.3) is 0 Å². The van der Waals surface area contributed by atoms with E-state index < -0.39 is 0 Å². The van der Waals surface area contributed by atoms with Crippen molar-refractivity contribution in [2.24, 2.45) is 10.9 Å². The highest BCUT2D eigenvalue weighted by molar-refractivity contribution is 6.30. The van der Waals surface area contributed by atoms with Gasteiger partial charge in [0.2, 0.25) is 5.95 Å². The lowest BCUT2D eigenvalue weighted by molar-refractivity contribution is 0.840. The van der Waals surface area contributed by atoms with Crippen molar-refractivity contribution in [3.63, 3.8) is 0 Å². The number of nitrogens with zero attached hydrogens (tertiary/aromatic N) is 3. The Bertz CT molecular complexity index is 340. The van der Waals surface area contributed by atoms with Crippen LogP contribution in [-0.4, -0.2) is 9.66 Å². The third-order valence-corrected chi connectivity index (χ3v) is 1.82. The molecular weight excluding hydrogens is 204 g/mol. The van der Waals surface area contributed by atoms with Crippen LogP contribution in [0.5, 0.6) is 0 Å². The Balaban J connectivity index is 0.000000791. The topological polar surface area (TPSA) is 108 Å². The lowest BCUT2D eigenvalue weighted by atomic mass is 10.4. The zero-order valence-electron chi connectivity index (χ0n) is 8.45. The highest BCUT2D eigenvalue weighted by Gasteiger charge is 2.05. The molecule has 1 aromatic rings. The van der Waals surface area contributed by atoms with Gasteiger partial charge in [0.05, 0.1) is 0 Å². The molecule has 0 saturated heterocycles. The van der Waals surface area contributed by atoms with Crippen molar-refractivity contribution in [3.8, 4) is 0 Å². The Labute approximate surface area is 87.3 Å². The summed E-state index contributed by atoms with van der Waals surface area (Å²) in [5, 5.41) is 3.67. The number of rotatable bonds is 0. The summed E-state index contributed by atoms with van der Waals surface area (Å²) in [6, 6.07) is 0. The van der Waals surface area contributed by atoms with E-state index in [4.69, 9.17) is 29.0 Å². The maximum Gasteiger partial charge on any atom is 0.222 e. The molecule has 0 amide bonds. The molecule has 0 radical (unpaired) electrons. The van der Waals surface area contributed by atoms with Crippen LogP contribution >= 0.6 is 11.6 Å². The van der Waals surface area contributed by atoms with Crippen LogP contribution in [0, 0.1) is 6.92 Å². The molecule has 0 fully saturated rings. The molecule has 80 valence electrons. The molecule has 6 nitrogen and oxygen atoms in total. The van der Waals surface area contributed by atoms with Gasteiger partial charge in [-0.3, -0.25) is 0 Å². The summed E-state index contributed by atoms with van der Waals surface area (Å²) < 4.78 is 1.07. The number of hydrogen-bond donors (Lipinski definition) is 3. The second kappa shape index (κ2) is 5.33. The van der Waals surface area contributed by atoms with E-state index in [2.05, 4.69) is 10.1 Å². The largest absolute Gasteiger partial charge is 0.368 e. The van der Waals surface area contributed by atoms with E-state index in [1.165, 1.54) is 0 Å². The highest BCUT2D eigenvalue weighted by Crippen LogP contribution is 2.07. The van der Waals surface area contributed by atoms with Gasteiger partial charge in [0.1, 0.15) is 5.15 Å². The van der Waals surface area contributed by atoms with Crippen molar-refractivity contribution >= 4 is 17.5 Å². The third-order valence-electron chi connectivity index (χ3n) is 1.45. The Morgan fingerprint density at radius 1 is 1.43 bits per heavy atom. The van der Waals surface area contributed by atoms with Gasteiger partial charge in [0, 0.05) is 5.56 Å². The molecule has 6 N–H and O–H groups in total. The maximum atomic E-state index is 5.69. The molecule has 0 aliphatic carbocycles. The average molecular weight is 219 g/mol. The van der Waals surface area contributed by atoms with Gasteiger partial charge in [-0.05, 0) is 6.92 Å². The zero-order chi connectivity index (χ0) is 11.3. The quantitative estimate of drug-likeness (QED) is 0.322. The van der Waals surface area contributed by atoms with Crippen LogP contribution in [0.4, 0.5) is 5.95 Å². The first-order chi connectivity index (χ1) is 6.57. The first-order valence-corrected chi connectivity index (χ1v) is 4.49. The minimum atomic E-state index is 0.0646. The summed E-state index contributed by atoms with van der Waals surface area (Å²) in [6.07, 6.45) is 0. The van der Waals surface area contributed by atoms with E-state index in [1.807, 2.05) is 13.8 Å². The number of anilines is 1. The van der Waals surface area contributed by atoms with Crippen LogP contribution in [0.2, 0.25) is 5.15 Å². The molecular formula is C7H15ClN6. The van der Waals surface area contributed by atoms with Crippen LogP contribution in [-0.2, 0) is 0 Å². The predicted octanol–water partition coefficient (Wildman–Crippen LogP) is -0.0585. The summed E-state index contributed by atoms with van der Waals surface area (Å²) in [5.41, 5.74) is 6.30. The van der Waals surface area contributed by atoms with Crippen LogP contribution in [0.3, 0.4) is 0 Å². The van der Waals surface area contributed by atoms with Gasteiger partial charge in [0.15, 0.2) is 5.49 Å². The SMILES string of the molecule is CC.Cc1c(Cl)nc(N)n(N)/c1=N\N. The van der Waals surface area contributed by atoms with Crippen molar-refractivity contribution in [3.05, 3.63) is 16.2 Å². The normalized spacial score (nSPS) is 10.7. The molecule has 0 unspecified atom stereocenters. The van der Waals surface area contributed by atoms with Gasteiger partial charge >= 0.3 is 0 Å². The van der Waals surface area contributed by atoms with Gasteiger partial charge in [-0.1, -0.05) is 25.4 Å². The Morgan fingerprint density at radius 2 is 1.93 bits per heavy atom. The van der Waals surface area contributed by atoms with Crippen molar-refractivity contribution < 1.29 is 0 Å². The first-order valence-electron chi connectivity index (χ1n) is 4.11. The molecule has 0 saturated carbocycles. The van der Waals surface area contributed by atoms with Gasteiger partial charge in [-0.25, -0.2) is 9.66 Å². The fourth-order valence-corrected chi connectivity index (χ4v) is 0.950. The Kier molecular flexibility index (Phi) is 4.79.